The molecule has 0 radical (unpaired) electrons. The Hall–Kier alpha value is -1.75. The van der Waals surface area contributed by atoms with Gasteiger partial charge in [-0.25, -0.2) is 9.97 Å². The fraction of sp³-hybridized carbons (Fsp3) is 0.357. The summed E-state index contributed by atoms with van der Waals surface area (Å²) in [6.45, 7) is 5.71. The molecule has 100 valence electrons. The molecule has 0 aliphatic heterocycles. The van der Waals surface area contributed by atoms with Gasteiger partial charge in [0.15, 0.2) is 5.82 Å². The summed E-state index contributed by atoms with van der Waals surface area (Å²) in [7, 11) is 0. The van der Waals surface area contributed by atoms with Gasteiger partial charge in [-0.3, -0.25) is 0 Å². The predicted octanol–water partition coefficient (Wildman–Crippen LogP) is 2.44. The lowest BCUT2D eigenvalue weighted by Crippen LogP contribution is -2.29. The normalized spacial score (nSPS) is 10.6. The molecule has 0 aliphatic carbocycles. The van der Waals surface area contributed by atoms with Crippen molar-refractivity contribution in [1.29, 1.82) is 0 Å². The molecule has 0 atom stereocenters. The van der Waals surface area contributed by atoms with E-state index in [0.717, 1.165) is 35.6 Å². The highest BCUT2D eigenvalue weighted by molar-refractivity contribution is 7.80. The lowest BCUT2D eigenvalue weighted by Gasteiger charge is -2.23. The van der Waals surface area contributed by atoms with E-state index in [1.54, 1.807) is 0 Å². The van der Waals surface area contributed by atoms with E-state index in [0.29, 0.717) is 11.4 Å². The van der Waals surface area contributed by atoms with E-state index in [4.69, 9.17) is 22.9 Å². The molecule has 0 amide bonds. The number of fused-ring (bicyclic) bond motifs is 1. The Morgan fingerprint density at radius 2 is 1.89 bits per heavy atom. The number of para-hydroxylation sites is 2. The molecule has 19 heavy (non-hydrogen) atoms. The molecule has 0 aliphatic rings. The second kappa shape index (κ2) is 5.93. The number of rotatable bonds is 5. The van der Waals surface area contributed by atoms with Gasteiger partial charge in [-0.15, -0.1) is 0 Å². The maximum atomic E-state index is 5.57. The molecule has 5 heteroatoms. The summed E-state index contributed by atoms with van der Waals surface area (Å²) in [6.07, 6.45) is 0.692. The zero-order chi connectivity index (χ0) is 13.8. The molecule has 2 aromatic rings. The first-order valence-corrected chi connectivity index (χ1v) is 6.79. The van der Waals surface area contributed by atoms with Crippen molar-refractivity contribution in [3.8, 4) is 0 Å². The fourth-order valence-corrected chi connectivity index (χ4v) is 2.13. The molecular weight excluding hydrogens is 256 g/mol. The van der Waals surface area contributed by atoms with Crippen LogP contribution in [0.3, 0.4) is 0 Å². The van der Waals surface area contributed by atoms with Gasteiger partial charge in [0, 0.05) is 19.5 Å². The monoisotopic (exact) mass is 274 g/mol. The van der Waals surface area contributed by atoms with Crippen molar-refractivity contribution in [1.82, 2.24) is 9.97 Å². The lowest BCUT2D eigenvalue weighted by molar-refractivity contribution is 0.813. The third-order valence-corrected chi connectivity index (χ3v) is 3.23. The third kappa shape index (κ3) is 3.17. The molecule has 0 saturated heterocycles. The molecule has 2 rings (SSSR count). The van der Waals surface area contributed by atoms with Crippen LogP contribution < -0.4 is 10.6 Å². The van der Waals surface area contributed by atoms with Crippen molar-refractivity contribution >= 4 is 34.1 Å². The number of thiocarbonyl (C=S) groups is 1. The number of anilines is 1. The Kier molecular flexibility index (Phi) is 4.27. The molecule has 0 saturated carbocycles. The van der Waals surface area contributed by atoms with E-state index < -0.39 is 0 Å². The van der Waals surface area contributed by atoms with Crippen LogP contribution in [-0.4, -0.2) is 28.0 Å². The Bertz CT molecular complexity index is 597. The van der Waals surface area contributed by atoms with Crippen molar-refractivity contribution < 1.29 is 0 Å². The first kappa shape index (κ1) is 13.7. The minimum absolute atomic E-state index is 0.532. The van der Waals surface area contributed by atoms with Gasteiger partial charge >= 0.3 is 0 Å². The van der Waals surface area contributed by atoms with Crippen LogP contribution in [0.2, 0.25) is 0 Å². The number of nitrogens with zero attached hydrogens (tertiary/aromatic N) is 3. The largest absolute Gasteiger partial charge is 0.393 e. The maximum absolute atomic E-state index is 5.57. The zero-order valence-corrected chi connectivity index (χ0v) is 12.1. The highest BCUT2D eigenvalue weighted by Gasteiger charge is 2.11. The number of benzene rings is 1. The average Bonchev–Trinajstić information content (AvgIpc) is 2.39. The standard InChI is InChI=1S/C14H18N4S/c1-3-18(9-8-13(15)19)14-10(2)16-11-6-4-5-7-12(11)17-14/h4-7H,3,8-9H2,1-2H3,(H2,15,19). The average molecular weight is 274 g/mol. The number of nitrogens with two attached hydrogens (primary N) is 1. The van der Waals surface area contributed by atoms with Crippen LogP contribution in [0.5, 0.6) is 0 Å². The lowest BCUT2D eigenvalue weighted by atomic mass is 10.2. The van der Waals surface area contributed by atoms with E-state index in [2.05, 4.69) is 16.8 Å². The Balaban J connectivity index is 2.36. The number of hydrogen-bond donors (Lipinski definition) is 1. The van der Waals surface area contributed by atoms with E-state index in [9.17, 15) is 0 Å². The van der Waals surface area contributed by atoms with Gasteiger partial charge in [0.25, 0.3) is 0 Å². The van der Waals surface area contributed by atoms with Crippen molar-refractivity contribution in [2.45, 2.75) is 20.3 Å². The van der Waals surface area contributed by atoms with Crippen molar-refractivity contribution in [2.24, 2.45) is 5.73 Å². The van der Waals surface area contributed by atoms with Gasteiger partial charge in [0.1, 0.15) is 0 Å². The van der Waals surface area contributed by atoms with Crippen molar-refractivity contribution in [3.63, 3.8) is 0 Å². The van der Waals surface area contributed by atoms with E-state index >= 15 is 0 Å². The summed E-state index contributed by atoms with van der Waals surface area (Å²) in [5.41, 5.74) is 8.34. The molecular formula is C14H18N4S. The highest BCUT2D eigenvalue weighted by Crippen LogP contribution is 2.19. The van der Waals surface area contributed by atoms with Gasteiger partial charge in [-0.2, -0.15) is 0 Å². The van der Waals surface area contributed by atoms with Crippen LogP contribution in [0.4, 0.5) is 5.82 Å². The first-order chi connectivity index (χ1) is 9.11. The summed E-state index contributed by atoms with van der Waals surface area (Å²) in [6, 6.07) is 7.90. The molecule has 0 fully saturated rings. The molecule has 2 N–H and O–H groups in total. The Labute approximate surface area is 118 Å². The Morgan fingerprint density at radius 1 is 1.26 bits per heavy atom. The summed E-state index contributed by atoms with van der Waals surface area (Å²) in [5.74, 6) is 0.914. The smallest absolute Gasteiger partial charge is 0.150 e. The first-order valence-electron chi connectivity index (χ1n) is 6.38. The molecule has 0 unspecified atom stereocenters. The molecule has 1 aromatic carbocycles. The summed E-state index contributed by atoms with van der Waals surface area (Å²) in [4.78, 5) is 12.0. The molecule has 0 bridgehead atoms. The second-order valence-electron chi connectivity index (χ2n) is 4.42. The summed E-state index contributed by atoms with van der Waals surface area (Å²) >= 11 is 4.94. The van der Waals surface area contributed by atoms with E-state index in [1.165, 1.54) is 0 Å². The summed E-state index contributed by atoms with van der Waals surface area (Å²) in [5, 5.41) is 0. The predicted molar refractivity (Wildman–Crippen MR) is 83.6 cm³/mol. The SMILES string of the molecule is CCN(CCC(N)=S)c1nc2ccccc2nc1C. The van der Waals surface area contributed by atoms with Crippen molar-refractivity contribution in [3.05, 3.63) is 30.0 Å². The van der Waals surface area contributed by atoms with E-state index in [1.807, 2.05) is 31.2 Å². The van der Waals surface area contributed by atoms with Crippen LogP contribution >= 0.6 is 12.2 Å². The Morgan fingerprint density at radius 3 is 2.47 bits per heavy atom. The van der Waals surface area contributed by atoms with Crippen LogP contribution in [0.25, 0.3) is 11.0 Å². The number of aromatic nitrogens is 2. The third-order valence-electron chi connectivity index (χ3n) is 3.03. The molecule has 0 spiro atoms. The quantitative estimate of drug-likeness (QED) is 0.849. The zero-order valence-electron chi connectivity index (χ0n) is 11.3. The van der Waals surface area contributed by atoms with E-state index in [-0.39, 0.29) is 0 Å². The molecule has 4 nitrogen and oxygen atoms in total. The number of aryl methyl sites for hydroxylation is 1. The van der Waals surface area contributed by atoms with Gasteiger partial charge in [-0.1, -0.05) is 24.4 Å². The van der Waals surface area contributed by atoms with Gasteiger partial charge in [-0.05, 0) is 26.0 Å². The summed E-state index contributed by atoms with van der Waals surface area (Å²) < 4.78 is 0. The minimum Gasteiger partial charge on any atom is -0.393 e. The number of hydrogen-bond acceptors (Lipinski definition) is 4. The fourth-order valence-electron chi connectivity index (χ4n) is 2.04. The van der Waals surface area contributed by atoms with Gasteiger partial charge in [0.2, 0.25) is 0 Å². The van der Waals surface area contributed by atoms with Crippen LogP contribution in [-0.2, 0) is 0 Å². The minimum atomic E-state index is 0.532. The van der Waals surface area contributed by atoms with Crippen LogP contribution in [0, 0.1) is 6.92 Å². The van der Waals surface area contributed by atoms with Gasteiger partial charge in [0.05, 0.1) is 21.7 Å². The topological polar surface area (TPSA) is 55.0 Å². The molecule has 1 heterocycles. The maximum Gasteiger partial charge on any atom is 0.150 e. The van der Waals surface area contributed by atoms with Crippen LogP contribution in [0.15, 0.2) is 24.3 Å². The highest BCUT2D eigenvalue weighted by atomic mass is 32.1. The van der Waals surface area contributed by atoms with Gasteiger partial charge < -0.3 is 10.6 Å². The van der Waals surface area contributed by atoms with Crippen molar-refractivity contribution in [2.75, 3.05) is 18.0 Å². The van der Waals surface area contributed by atoms with Crippen LogP contribution in [0.1, 0.15) is 19.0 Å². The second-order valence-corrected chi connectivity index (χ2v) is 4.94. The molecule has 1 aromatic heterocycles.